The van der Waals surface area contributed by atoms with Crippen molar-refractivity contribution in [3.05, 3.63) is 33.2 Å². The van der Waals surface area contributed by atoms with Crippen molar-refractivity contribution in [1.82, 2.24) is 9.88 Å². The average molecular weight is 292 g/mol. The summed E-state index contributed by atoms with van der Waals surface area (Å²) in [5.74, 6) is 0.596. The predicted molar refractivity (Wildman–Crippen MR) is 85.8 cm³/mol. The lowest BCUT2D eigenvalue weighted by Gasteiger charge is -2.22. The molecule has 0 spiro atoms. The highest BCUT2D eigenvalue weighted by molar-refractivity contribution is 5.29. The van der Waals surface area contributed by atoms with E-state index in [9.17, 15) is 4.79 Å². The van der Waals surface area contributed by atoms with E-state index in [2.05, 4.69) is 25.2 Å². The number of aromatic nitrogens is 1. The molecule has 0 fully saturated rings. The standard InChI is InChI=1S/C17H28N2O2/c1-13(2)11-18-12-15-10-14-6-4-5-7-16(14)19(17(15)20)8-9-21-3/h10,13,18H,4-9,11-12H2,1-3H3. The number of nitrogens with one attached hydrogen (secondary N) is 1. The van der Waals surface area contributed by atoms with E-state index in [1.165, 1.54) is 24.1 Å². The van der Waals surface area contributed by atoms with Crippen LogP contribution in [0.3, 0.4) is 0 Å². The van der Waals surface area contributed by atoms with Crippen molar-refractivity contribution in [2.45, 2.75) is 52.6 Å². The second-order valence-corrected chi connectivity index (χ2v) is 6.32. The predicted octanol–water partition coefficient (Wildman–Crippen LogP) is 2.12. The van der Waals surface area contributed by atoms with Crippen LogP contribution >= 0.6 is 0 Å². The molecular weight excluding hydrogens is 264 g/mol. The van der Waals surface area contributed by atoms with Crippen LogP contribution in [0, 0.1) is 5.92 Å². The number of aryl methyl sites for hydroxylation is 1. The molecule has 1 aromatic rings. The van der Waals surface area contributed by atoms with E-state index in [-0.39, 0.29) is 5.56 Å². The summed E-state index contributed by atoms with van der Waals surface area (Å²) in [6.07, 6.45) is 4.53. The van der Waals surface area contributed by atoms with Crippen LogP contribution in [0.4, 0.5) is 0 Å². The molecule has 0 saturated carbocycles. The van der Waals surface area contributed by atoms with Gasteiger partial charge in [0, 0.05) is 31.5 Å². The first-order chi connectivity index (χ1) is 10.1. The molecule has 0 unspecified atom stereocenters. The first-order valence-electron chi connectivity index (χ1n) is 8.07. The van der Waals surface area contributed by atoms with Crippen LogP contribution < -0.4 is 10.9 Å². The molecule has 0 radical (unpaired) electrons. The monoisotopic (exact) mass is 292 g/mol. The lowest BCUT2D eigenvalue weighted by Crippen LogP contribution is -2.33. The minimum Gasteiger partial charge on any atom is -0.383 e. The summed E-state index contributed by atoms with van der Waals surface area (Å²) in [4.78, 5) is 12.7. The molecule has 1 aliphatic rings. The maximum absolute atomic E-state index is 12.7. The highest BCUT2D eigenvalue weighted by Gasteiger charge is 2.17. The molecule has 0 atom stereocenters. The van der Waals surface area contributed by atoms with Gasteiger partial charge < -0.3 is 14.6 Å². The third-order valence-corrected chi connectivity index (χ3v) is 4.06. The van der Waals surface area contributed by atoms with Crippen LogP contribution in [0.5, 0.6) is 0 Å². The summed E-state index contributed by atoms with van der Waals surface area (Å²) in [6.45, 7) is 7.21. The van der Waals surface area contributed by atoms with Crippen molar-refractivity contribution < 1.29 is 4.74 Å². The van der Waals surface area contributed by atoms with Gasteiger partial charge in [0.1, 0.15) is 0 Å². The van der Waals surface area contributed by atoms with Gasteiger partial charge in [-0.3, -0.25) is 4.79 Å². The number of ether oxygens (including phenoxy) is 1. The summed E-state index contributed by atoms with van der Waals surface area (Å²) in [5.41, 5.74) is 3.64. The summed E-state index contributed by atoms with van der Waals surface area (Å²) in [5, 5.41) is 3.39. The van der Waals surface area contributed by atoms with Gasteiger partial charge >= 0.3 is 0 Å². The minimum absolute atomic E-state index is 0.156. The number of rotatable bonds is 7. The van der Waals surface area contributed by atoms with E-state index < -0.39 is 0 Å². The van der Waals surface area contributed by atoms with E-state index >= 15 is 0 Å². The first kappa shape index (κ1) is 16.2. The number of nitrogens with zero attached hydrogens (tertiary/aromatic N) is 1. The zero-order valence-corrected chi connectivity index (χ0v) is 13.6. The quantitative estimate of drug-likeness (QED) is 0.837. The Bertz CT molecular complexity index is 520. The lowest BCUT2D eigenvalue weighted by molar-refractivity contribution is 0.184. The van der Waals surface area contributed by atoms with E-state index in [1.54, 1.807) is 7.11 Å². The van der Waals surface area contributed by atoms with E-state index in [0.717, 1.165) is 24.9 Å². The van der Waals surface area contributed by atoms with Gasteiger partial charge in [-0.05, 0) is 49.8 Å². The SMILES string of the molecule is COCCn1c2c(cc(CNCC(C)C)c1=O)CCCC2. The molecule has 1 aliphatic carbocycles. The van der Waals surface area contributed by atoms with Crippen LogP contribution in [0.2, 0.25) is 0 Å². The molecule has 4 heteroatoms. The number of methoxy groups -OCH3 is 1. The van der Waals surface area contributed by atoms with Crippen molar-refractivity contribution in [2.75, 3.05) is 20.3 Å². The molecule has 0 bridgehead atoms. The number of hydrogen-bond acceptors (Lipinski definition) is 3. The maximum Gasteiger partial charge on any atom is 0.255 e. The van der Waals surface area contributed by atoms with Gasteiger partial charge in [-0.15, -0.1) is 0 Å². The summed E-state index contributed by atoms with van der Waals surface area (Å²) < 4.78 is 7.12. The summed E-state index contributed by atoms with van der Waals surface area (Å²) in [7, 11) is 1.69. The molecular formula is C17H28N2O2. The fourth-order valence-corrected chi connectivity index (χ4v) is 2.99. The van der Waals surface area contributed by atoms with Gasteiger partial charge in [0.2, 0.25) is 0 Å². The van der Waals surface area contributed by atoms with Gasteiger partial charge in [-0.2, -0.15) is 0 Å². The Balaban J connectivity index is 2.26. The van der Waals surface area contributed by atoms with E-state index in [0.29, 0.717) is 25.6 Å². The van der Waals surface area contributed by atoms with Crippen LogP contribution in [0.1, 0.15) is 43.5 Å². The Hall–Kier alpha value is -1.13. The molecule has 1 N–H and O–H groups in total. The molecule has 1 heterocycles. The summed E-state index contributed by atoms with van der Waals surface area (Å²) >= 11 is 0. The van der Waals surface area contributed by atoms with Crippen molar-refractivity contribution in [3.8, 4) is 0 Å². The smallest absolute Gasteiger partial charge is 0.255 e. The third kappa shape index (κ3) is 4.17. The molecule has 4 nitrogen and oxygen atoms in total. The molecule has 1 aromatic heterocycles. The molecule has 0 amide bonds. The van der Waals surface area contributed by atoms with Crippen molar-refractivity contribution in [1.29, 1.82) is 0 Å². The van der Waals surface area contributed by atoms with Crippen LogP contribution in [0.25, 0.3) is 0 Å². The normalized spacial score (nSPS) is 14.5. The van der Waals surface area contributed by atoms with Crippen LogP contribution in [-0.4, -0.2) is 24.8 Å². The minimum atomic E-state index is 0.156. The molecule has 0 aromatic carbocycles. The summed E-state index contributed by atoms with van der Waals surface area (Å²) in [6, 6.07) is 2.13. The maximum atomic E-state index is 12.7. The van der Waals surface area contributed by atoms with Crippen molar-refractivity contribution >= 4 is 0 Å². The van der Waals surface area contributed by atoms with E-state index in [1.807, 2.05) is 4.57 Å². The molecule has 118 valence electrons. The fraction of sp³-hybridized carbons (Fsp3) is 0.706. The second-order valence-electron chi connectivity index (χ2n) is 6.32. The van der Waals surface area contributed by atoms with Crippen LogP contribution in [0.15, 0.2) is 10.9 Å². The van der Waals surface area contributed by atoms with E-state index in [4.69, 9.17) is 4.74 Å². The Kier molecular flexibility index (Phi) is 6.00. The van der Waals surface area contributed by atoms with Gasteiger partial charge in [-0.1, -0.05) is 13.8 Å². The highest BCUT2D eigenvalue weighted by Crippen LogP contribution is 2.20. The topological polar surface area (TPSA) is 43.3 Å². The zero-order chi connectivity index (χ0) is 15.2. The van der Waals surface area contributed by atoms with Gasteiger partial charge in [0.05, 0.1) is 6.61 Å². The van der Waals surface area contributed by atoms with Gasteiger partial charge in [0.15, 0.2) is 0 Å². The number of pyridine rings is 1. The molecule has 2 rings (SSSR count). The Morgan fingerprint density at radius 3 is 2.81 bits per heavy atom. The lowest BCUT2D eigenvalue weighted by atomic mass is 9.94. The Labute approximate surface area is 127 Å². The fourth-order valence-electron chi connectivity index (χ4n) is 2.99. The number of fused-ring (bicyclic) bond motifs is 1. The second kappa shape index (κ2) is 7.76. The van der Waals surface area contributed by atoms with Gasteiger partial charge in [0.25, 0.3) is 5.56 Å². The van der Waals surface area contributed by atoms with Crippen molar-refractivity contribution in [2.24, 2.45) is 5.92 Å². The highest BCUT2D eigenvalue weighted by atomic mass is 16.5. The third-order valence-electron chi connectivity index (χ3n) is 4.06. The Morgan fingerprint density at radius 2 is 2.10 bits per heavy atom. The first-order valence-corrected chi connectivity index (χ1v) is 8.07. The molecule has 0 saturated heterocycles. The number of hydrogen-bond donors (Lipinski definition) is 1. The Morgan fingerprint density at radius 1 is 1.33 bits per heavy atom. The van der Waals surface area contributed by atoms with Crippen LogP contribution in [-0.2, 0) is 30.7 Å². The molecule has 21 heavy (non-hydrogen) atoms. The zero-order valence-electron chi connectivity index (χ0n) is 13.6. The van der Waals surface area contributed by atoms with Crippen molar-refractivity contribution in [3.63, 3.8) is 0 Å². The van der Waals surface area contributed by atoms with Gasteiger partial charge in [-0.25, -0.2) is 0 Å². The average Bonchev–Trinajstić information content (AvgIpc) is 2.47. The largest absolute Gasteiger partial charge is 0.383 e. The molecule has 0 aliphatic heterocycles.